The number of amides is 1. The molecule has 0 atom stereocenters. The Bertz CT molecular complexity index is 767. The van der Waals surface area contributed by atoms with E-state index >= 15 is 0 Å². The van der Waals surface area contributed by atoms with Crippen molar-refractivity contribution >= 4 is 34.5 Å². The summed E-state index contributed by atoms with van der Waals surface area (Å²) in [6, 6.07) is 8.96. The van der Waals surface area contributed by atoms with Gasteiger partial charge in [-0.2, -0.15) is 0 Å². The normalized spacial score (nSPS) is 10.8. The van der Waals surface area contributed by atoms with Crippen LogP contribution in [-0.4, -0.2) is 15.9 Å². The summed E-state index contributed by atoms with van der Waals surface area (Å²) in [4.78, 5) is 19.7. The van der Waals surface area contributed by atoms with Crippen molar-refractivity contribution < 1.29 is 9.21 Å². The number of benzene rings is 1. The lowest BCUT2D eigenvalue weighted by molar-refractivity contribution is 0.100. The lowest BCUT2D eigenvalue weighted by Crippen LogP contribution is -2.13. The number of carbonyl (C=O) groups excluding carboxylic acids is 1. The first-order valence-corrected chi connectivity index (χ1v) is 6.54. The third kappa shape index (κ3) is 2.30. The molecule has 0 fully saturated rings. The zero-order chi connectivity index (χ0) is 14.1. The highest BCUT2D eigenvalue weighted by atomic mass is 32.2. The van der Waals surface area contributed by atoms with Crippen molar-refractivity contribution in [2.75, 3.05) is 5.73 Å². The summed E-state index contributed by atoms with van der Waals surface area (Å²) in [5.74, 6) is -0.593. The second kappa shape index (κ2) is 4.86. The number of fused-ring (bicyclic) bond motifs is 1. The Kier molecular flexibility index (Phi) is 3.03. The van der Waals surface area contributed by atoms with Gasteiger partial charge in [-0.1, -0.05) is 12.1 Å². The molecular formula is C13H10N4O2S. The number of primary amides is 1. The van der Waals surface area contributed by atoms with Gasteiger partial charge in [-0.25, -0.2) is 9.97 Å². The second-order valence-corrected chi connectivity index (χ2v) is 5.00. The summed E-state index contributed by atoms with van der Waals surface area (Å²) in [7, 11) is 0. The number of nitrogens with two attached hydrogens (primary N) is 2. The predicted octanol–water partition coefficient (Wildman–Crippen LogP) is 2.06. The van der Waals surface area contributed by atoms with E-state index < -0.39 is 5.91 Å². The van der Waals surface area contributed by atoms with E-state index in [0.29, 0.717) is 15.8 Å². The summed E-state index contributed by atoms with van der Waals surface area (Å²) < 4.78 is 5.57. The summed E-state index contributed by atoms with van der Waals surface area (Å²) in [6.07, 6.45) is 1.39. The molecule has 4 N–H and O–H groups in total. The zero-order valence-corrected chi connectivity index (χ0v) is 11.1. The number of pyridine rings is 1. The maximum Gasteiger partial charge on any atom is 0.263 e. The Labute approximate surface area is 118 Å². The van der Waals surface area contributed by atoms with Crippen LogP contribution in [0.25, 0.3) is 11.1 Å². The Balaban J connectivity index is 1.94. The highest BCUT2D eigenvalue weighted by molar-refractivity contribution is 7.99. The fourth-order valence-electron chi connectivity index (χ4n) is 1.70. The van der Waals surface area contributed by atoms with Gasteiger partial charge in [0.1, 0.15) is 10.5 Å². The molecule has 3 rings (SSSR count). The first kappa shape index (κ1) is 12.5. The minimum atomic E-state index is -0.593. The lowest BCUT2D eigenvalue weighted by Gasteiger charge is -2.02. The van der Waals surface area contributed by atoms with E-state index in [1.165, 1.54) is 24.0 Å². The van der Waals surface area contributed by atoms with Gasteiger partial charge in [-0.3, -0.25) is 4.79 Å². The van der Waals surface area contributed by atoms with Crippen molar-refractivity contribution in [3.63, 3.8) is 0 Å². The van der Waals surface area contributed by atoms with Crippen LogP contribution in [0.2, 0.25) is 0 Å². The van der Waals surface area contributed by atoms with Gasteiger partial charge >= 0.3 is 0 Å². The Morgan fingerprint density at radius 2 is 2.10 bits per heavy atom. The Morgan fingerprint density at radius 1 is 1.30 bits per heavy atom. The molecular weight excluding hydrogens is 276 g/mol. The average molecular weight is 286 g/mol. The molecule has 0 aliphatic heterocycles. The lowest BCUT2D eigenvalue weighted by atomic mass is 10.2. The van der Waals surface area contributed by atoms with Crippen LogP contribution in [-0.2, 0) is 0 Å². The number of anilines is 1. The van der Waals surface area contributed by atoms with Gasteiger partial charge in [-0.15, -0.1) is 0 Å². The van der Waals surface area contributed by atoms with Crippen LogP contribution < -0.4 is 11.5 Å². The first-order valence-electron chi connectivity index (χ1n) is 5.72. The van der Waals surface area contributed by atoms with Gasteiger partial charge in [0.15, 0.2) is 5.58 Å². The Morgan fingerprint density at radius 3 is 2.85 bits per heavy atom. The third-order valence-corrected chi connectivity index (χ3v) is 3.42. The van der Waals surface area contributed by atoms with Crippen molar-refractivity contribution in [3.8, 4) is 0 Å². The monoisotopic (exact) mass is 286 g/mol. The largest absolute Gasteiger partial charge is 0.431 e. The fraction of sp³-hybridized carbons (Fsp3) is 0. The van der Waals surface area contributed by atoms with Crippen LogP contribution in [0.3, 0.4) is 0 Å². The minimum absolute atomic E-state index is 0.235. The smallest absolute Gasteiger partial charge is 0.263 e. The minimum Gasteiger partial charge on any atom is -0.431 e. The number of nitrogen functional groups attached to an aromatic ring is 1. The third-order valence-electron chi connectivity index (χ3n) is 2.64. The van der Waals surface area contributed by atoms with E-state index in [-0.39, 0.29) is 11.3 Å². The van der Waals surface area contributed by atoms with E-state index in [1.807, 2.05) is 24.3 Å². The maximum atomic E-state index is 11.2. The first-order chi connectivity index (χ1) is 9.63. The van der Waals surface area contributed by atoms with Gasteiger partial charge < -0.3 is 15.9 Å². The van der Waals surface area contributed by atoms with Crippen LogP contribution in [0, 0.1) is 0 Å². The van der Waals surface area contributed by atoms with Crippen LogP contribution >= 0.6 is 11.8 Å². The molecule has 0 bridgehead atoms. The molecule has 0 spiro atoms. The van der Waals surface area contributed by atoms with E-state index in [2.05, 4.69) is 9.97 Å². The molecule has 1 amide bonds. The molecule has 1 aromatic carbocycles. The quantitative estimate of drug-likeness (QED) is 0.763. The average Bonchev–Trinajstić information content (AvgIpc) is 2.82. The molecule has 0 radical (unpaired) electrons. The molecule has 20 heavy (non-hydrogen) atoms. The zero-order valence-electron chi connectivity index (χ0n) is 10.2. The number of rotatable bonds is 3. The predicted molar refractivity (Wildman–Crippen MR) is 75.3 cm³/mol. The summed E-state index contributed by atoms with van der Waals surface area (Å²) in [5.41, 5.74) is 12.8. The van der Waals surface area contributed by atoms with Crippen molar-refractivity contribution in [3.05, 3.63) is 42.1 Å². The molecule has 7 heteroatoms. The van der Waals surface area contributed by atoms with Gasteiger partial charge in [0.05, 0.1) is 17.4 Å². The molecule has 0 aliphatic rings. The number of oxazole rings is 1. The standard InChI is InChI=1S/C13H10N4O2S/c14-8-6-16-11(5-7(8)12(15)18)20-13-17-9-3-1-2-4-10(9)19-13/h1-6H,14H2,(H2,15,18). The number of hydrogen-bond donors (Lipinski definition) is 2. The Hall–Kier alpha value is -2.54. The van der Waals surface area contributed by atoms with Crippen molar-refractivity contribution in [1.29, 1.82) is 0 Å². The van der Waals surface area contributed by atoms with E-state index in [9.17, 15) is 4.79 Å². The highest BCUT2D eigenvalue weighted by Gasteiger charge is 2.12. The molecule has 0 saturated carbocycles. The van der Waals surface area contributed by atoms with E-state index in [0.717, 1.165) is 5.52 Å². The summed E-state index contributed by atoms with van der Waals surface area (Å²) in [5, 5.41) is 0.985. The van der Waals surface area contributed by atoms with E-state index in [1.54, 1.807) is 0 Å². The molecule has 2 aromatic heterocycles. The van der Waals surface area contributed by atoms with Crippen LogP contribution in [0.4, 0.5) is 5.69 Å². The van der Waals surface area contributed by atoms with Gasteiger partial charge in [0, 0.05) is 0 Å². The van der Waals surface area contributed by atoms with Gasteiger partial charge in [0.25, 0.3) is 11.1 Å². The molecule has 0 unspecified atom stereocenters. The van der Waals surface area contributed by atoms with Gasteiger partial charge in [-0.05, 0) is 30.0 Å². The molecule has 100 valence electrons. The fourth-order valence-corrected chi connectivity index (χ4v) is 2.44. The van der Waals surface area contributed by atoms with E-state index in [4.69, 9.17) is 15.9 Å². The topological polar surface area (TPSA) is 108 Å². The number of nitrogens with zero attached hydrogens (tertiary/aromatic N) is 2. The number of aromatic nitrogens is 2. The summed E-state index contributed by atoms with van der Waals surface area (Å²) in [6.45, 7) is 0. The second-order valence-electron chi connectivity index (χ2n) is 4.02. The molecule has 0 aliphatic carbocycles. The SMILES string of the molecule is NC(=O)c1cc(Sc2nc3ccccc3o2)ncc1N. The molecule has 3 aromatic rings. The van der Waals surface area contributed by atoms with Crippen molar-refractivity contribution in [2.24, 2.45) is 5.73 Å². The number of carbonyl (C=O) groups is 1. The van der Waals surface area contributed by atoms with Crippen LogP contribution in [0.15, 0.2) is 51.2 Å². The van der Waals surface area contributed by atoms with Gasteiger partial charge in [0.2, 0.25) is 0 Å². The van der Waals surface area contributed by atoms with Crippen molar-refractivity contribution in [1.82, 2.24) is 9.97 Å². The van der Waals surface area contributed by atoms with Crippen LogP contribution in [0.5, 0.6) is 0 Å². The maximum absolute atomic E-state index is 11.2. The molecule has 6 nitrogen and oxygen atoms in total. The molecule has 2 heterocycles. The number of hydrogen-bond acceptors (Lipinski definition) is 6. The highest BCUT2D eigenvalue weighted by Crippen LogP contribution is 2.29. The molecule has 0 saturated heterocycles. The van der Waals surface area contributed by atoms with Crippen molar-refractivity contribution in [2.45, 2.75) is 10.2 Å². The number of para-hydroxylation sites is 2. The van der Waals surface area contributed by atoms with Crippen LogP contribution in [0.1, 0.15) is 10.4 Å². The summed E-state index contributed by atoms with van der Waals surface area (Å²) >= 11 is 1.20.